The maximum absolute atomic E-state index is 12.5. The van der Waals surface area contributed by atoms with E-state index in [4.69, 9.17) is 14.5 Å². The number of ether oxygens (including phenoxy) is 2. The number of methoxy groups -OCH3 is 1. The summed E-state index contributed by atoms with van der Waals surface area (Å²) < 4.78 is 38.5. The second kappa shape index (κ2) is 13.5. The fraction of sp³-hybridized carbons (Fsp3) is 0.529. The Morgan fingerprint density at radius 1 is 0.958 bits per heavy atom. The zero-order valence-corrected chi connectivity index (χ0v) is 30.5. The van der Waals surface area contributed by atoms with E-state index >= 15 is 0 Å². The summed E-state index contributed by atoms with van der Waals surface area (Å²) in [5.41, 5.74) is 5.13. The van der Waals surface area contributed by atoms with Crippen LogP contribution in [0.3, 0.4) is 0 Å². The third-order valence-corrected chi connectivity index (χ3v) is 11.9. The van der Waals surface area contributed by atoms with Crippen LogP contribution in [0.4, 0.5) is 34.5 Å². The Balaban J connectivity index is 1.05. The first-order valence-electron chi connectivity index (χ1n) is 16.8. The summed E-state index contributed by atoms with van der Waals surface area (Å²) in [6.45, 7) is 9.59. The minimum absolute atomic E-state index is 0.365. The third-order valence-electron chi connectivity index (χ3n) is 10.1. The largest absolute Gasteiger partial charge is 0.494 e. The summed E-state index contributed by atoms with van der Waals surface area (Å²) in [4.78, 5) is 17.1. The lowest BCUT2D eigenvalue weighted by Crippen LogP contribution is -2.53. The van der Waals surface area contributed by atoms with Gasteiger partial charge in [-0.1, -0.05) is 0 Å². The molecular formula is C34H45BrN8O4S. The number of halogens is 1. The Morgan fingerprint density at radius 3 is 2.29 bits per heavy atom. The number of fused-ring (bicyclic) bond motifs is 1. The van der Waals surface area contributed by atoms with Crippen molar-refractivity contribution in [3.8, 4) is 11.5 Å². The van der Waals surface area contributed by atoms with Gasteiger partial charge >= 0.3 is 0 Å². The van der Waals surface area contributed by atoms with E-state index in [2.05, 4.69) is 65.3 Å². The lowest BCUT2D eigenvalue weighted by Gasteiger charge is -2.43. The Labute approximate surface area is 292 Å². The summed E-state index contributed by atoms with van der Waals surface area (Å²) in [7, 11) is -0.289. The smallest absolute Gasteiger partial charge is 0.232 e. The number of piperidine rings is 1. The molecule has 0 atom stereocenters. The van der Waals surface area contributed by atoms with Crippen LogP contribution >= 0.6 is 15.9 Å². The molecule has 14 heteroatoms. The van der Waals surface area contributed by atoms with Crippen molar-refractivity contribution in [2.75, 3.05) is 86.1 Å². The molecule has 0 spiro atoms. The average Bonchev–Trinajstić information content (AvgIpc) is 3.83. The number of sulfonamides is 1. The zero-order valence-electron chi connectivity index (χ0n) is 28.1. The summed E-state index contributed by atoms with van der Waals surface area (Å²) >= 11 is 3.56. The van der Waals surface area contributed by atoms with Gasteiger partial charge in [0, 0.05) is 88.8 Å². The van der Waals surface area contributed by atoms with Gasteiger partial charge in [-0.3, -0.25) is 14.1 Å². The van der Waals surface area contributed by atoms with Gasteiger partial charge in [0.2, 0.25) is 16.0 Å². The molecule has 3 fully saturated rings. The maximum Gasteiger partial charge on any atom is 0.232 e. The molecule has 0 radical (unpaired) electrons. The summed E-state index contributed by atoms with van der Waals surface area (Å²) in [5, 5.41) is 6.66. The molecule has 2 N–H and O–H groups in total. The van der Waals surface area contributed by atoms with Crippen molar-refractivity contribution in [2.24, 2.45) is 0 Å². The van der Waals surface area contributed by atoms with E-state index in [1.807, 2.05) is 12.1 Å². The number of nitrogens with one attached hydrogen (secondary N) is 2. The van der Waals surface area contributed by atoms with Crippen LogP contribution in [0.15, 0.2) is 34.9 Å². The fourth-order valence-electron chi connectivity index (χ4n) is 7.18. The van der Waals surface area contributed by atoms with E-state index < -0.39 is 10.0 Å². The number of rotatable bonds is 10. The molecule has 0 amide bonds. The topological polar surface area (TPSA) is 115 Å². The zero-order chi connectivity index (χ0) is 33.6. The molecule has 3 aliphatic heterocycles. The minimum atomic E-state index is -3.51. The maximum atomic E-state index is 12.5. The molecule has 1 saturated carbocycles. The van der Waals surface area contributed by atoms with Gasteiger partial charge in [-0.2, -0.15) is 4.98 Å². The standard InChI is InChI=1S/C34H45BrN8O4S/c1-22-17-28(32(46-3)20-29(22)43-10-7-25(8-11-43)42-14-12-41(13-15-42)24-5-6-24)38-34-36-21-26(35)33(39-34)37-27-19-31-23(9-16-47-31)18-30(27)40(2)48(4,44)45/h17-21,24-25H,5-16H2,1-4H3,(H2,36,37,38,39). The van der Waals surface area contributed by atoms with Crippen LogP contribution in [0, 0.1) is 6.92 Å². The van der Waals surface area contributed by atoms with Gasteiger partial charge < -0.3 is 25.0 Å². The highest BCUT2D eigenvalue weighted by molar-refractivity contribution is 9.10. The number of aryl methyl sites for hydroxylation is 1. The highest BCUT2D eigenvalue weighted by atomic mass is 79.9. The van der Waals surface area contributed by atoms with E-state index in [1.54, 1.807) is 13.3 Å². The predicted molar refractivity (Wildman–Crippen MR) is 194 cm³/mol. The van der Waals surface area contributed by atoms with E-state index in [1.165, 1.54) is 75.2 Å². The lowest BCUT2D eigenvalue weighted by molar-refractivity contribution is 0.0809. The van der Waals surface area contributed by atoms with Crippen molar-refractivity contribution in [1.29, 1.82) is 0 Å². The van der Waals surface area contributed by atoms with Crippen LogP contribution in [0.2, 0.25) is 0 Å². The Morgan fingerprint density at radius 2 is 1.65 bits per heavy atom. The highest BCUT2D eigenvalue weighted by Gasteiger charge is 2.34. The molecule has 4 heterocycles. The van der Waals surface area contributed by atoms with Gasteiger partial charge in [-0.15, -0.1) is 0 Å². The molecule has 0 unspecified atom stereocenters. The minimum Gasteiger partial charge on any atom is -0.494 e. The van der Waals surface area contributed by atoms with Gasteiger partial charge in [0.25, 0.3) is 0 Å². The van der Waals surface area contributed by atoms with Crippen molar-refractivity contribution >= 4 is 60.5 Å². The van der Waals surface area contributed by atoms with Gasteiger partial charge in [0.1, 0.15) is 17.3 Å². The predicted octanol–water partition coefficient (Wildman–Crippen LogP) is 5.12. The van der Waals surface area contributed by atoms with Crippen molar-refractivity contribution in [3.63, 3.8) is 0 Å². The molecule has 3 aromatic rings. The molecule has 258 valence electrons. The van der Waals surface area contributed by atoms with Crippen molar-refractivity contribution in [1.82, 2.24) is 19.8 Å². The average molecular weight is 742 g/mol. The molecule has 12 nitrogen and oxygen atoms in total. The van der Waals surface area contributed by atoms with E-state index in [-0.39, 0.29) is 0 Å². The van der Waals surface area contributed by atoms with Crippen LogP contribution in [0.5, 0.6) is 11.5 Å². The molecule has 0 bridgehead atoms. The lowest BCUT2D eigenvalue weighted by atomic mass is 10.0. The number of nitrogens with zero attached hydrogens (tertiary/aromatic N) is 6. The third kappa shape index (κ3) is 7.03. The number of hydrogen-bond acceptors (Lipinski definition) is 11. The van der Waals surface area contributed by atoms with Gasteiger partial charge in [-0.05, 0) is 71.8 Å². The normalized spacial score (nSPS) is 19.1. The molecule has 1 aliphatic carbocycles. The molecule has 48 heavy (non-hydrogen) atoms. The first-order chi connectivity index (χ1) is 23.1. The van der Waals surface area contributed by atoms with Gasteiger partial charge in [-0.25, -0.2) is 13.4 Å². The number of anilines is 6. The van der Waals surface area contributed by atoms with Crippen LogP contribution in [-0.4, -0.2) is 107 Å². The van der Waals surface area contributed by atoms with Crippen LogP contribution < -0.4 is 29.3 Å². The summed E-state index contributed by atoms with van der Waals surface area (Å²) in [6, 6.07) is 9.41. The molecular weight excluding hydrogens is 696 g/mol. The first kappa shape index (κ1) is 33.2. The molecule has 2 aromatic carbocycles. The van der Waals surface area contributed by atoms with Crippen molar-refractivity contribution in [3.05, 3.63) is 46.1 Å². The fourth-order valence-corrected chi connectivity index (χ4v) is 7.98. The monoisotopic (exact) mass is 740 g/mol. The highest BCUT2D eigenvalue weighted by Crippen LogP contribution is 2.40. The SMILES string of the molecule is COc1cc(N2CCC(N3CCN(C4CC4)CC3)CC2)c(C)cc1Nc1ncc(Br)c(Nc2cc3c(cc2N(C)S(C)(=O)=O)CCO3)n1. The van der Waals surface area contributed by atoms with Gasteiger partial charge in [0.05, 0.1) is 41.5 Å². The number of aromatic nitrogens is 2. The molecule has 7 rings (SSSR count). The van der Waals surface area contributed by atoms with Gasteiger partial charge in [0.15, 0.2) is 0 Å². The molecule has 1 aromatic heterocycles. The molecule has 2 saturated heterocycles. The second-order valence-corrected chi connectivity index (χ2v) is 16.2. The first-order valence-corrected chi connectivity index (χ1v) is 19.4. The van der Waals surface area contributed by atoms with Crippen molar-refractivity contribution < 1.29 is 17.9 Å². The summed E-state index contributed by atoms with van der Waals surface area (Å²) in [6.07, 6.45) is 8.70. The second-order valence-electron chi connectivity index (χ2n) is 13.3. The van der Waals surface area contributed by atoms with Crippen molar-refractivity contribution in [2.45, 2.75) is 51.1 Å². The van der Waals surface area contributed by atoms with E-state index in [0.29, 0.717) is 46.0 Å². The van der Waals surface area contributed by atoms with E-state index in [0.717, 1.165) is 48.1 Å². The summed E-state index contributed by atoms with van der Waals surface area (Å²) in [5.74, 6) is 2.27. The van der Waals surface area contributed by atoms with Crippen LogP contribution in [0.1, 0.15) is 36.8 Å². The Hall–Kier alpha value is -3.33. The number of hydrogen-bond donors (Lipinski definition) is 2. The molecule has 4 aliphatic rings. The van der Waals surface area contributed by atoms with Crippen LogP contribution in [0.25, 0.3) is 0 Å². The quantitative estimate of drug-likeness (QED) is 0.289. The Kier molecular flexibility index (Phi) is 9.35. The number of piperazine rings is 1. The van der Waals surface area contributed by atoms with Crippen LogP contribution in [-0.2, 0) is 16.4 Å². The Bertz CT molecular complexity index is 1770. The van der Waals surface area contributed by atoms with E-state index in [9.17, 15) is 8.42 Å². The number of benzene rings is 2.